The van der Waals surface area contributed by atoms with E-state index in [9.17, 15) is 9.18 Å². The zero-order valence-corrected chi connectivity index (χ0v) is 6.62. The Morgan fingerprint density at radius 1 is 1.50 bits per heavy atom. The molecule has 0 amide bonds. The Kier molecular flexibility index (Phi) is 2.55. The second kappa shape index (κ2) is 3.45. The van der Waals surface area contributed by atoms with Gasteiger partial charge in [0.2, 0.25) is 0 Å². The van der Waals surface area contributed by atoms with Gasteiger partial charge in [0, 0.05) is 0 Å². The molecule has 0 aliphatic heterocycles. The molecule has 1 atom stereocenters. The van der Waals surface area contributed by atoms with Crippen molar-refractivity contribution >= 4 is 6.29 Å². The molecular weight excluding hydrogens is 159 g/mol. The van der Waals surface area contributed by atoms with Crippen LogP contribution in [-0.4, -0.2) is 11.4 Å². The van der Waals surface area contributed by atoms with Gasteiger partial charge < -0.3 is 9.90 Å². The first-order valence-corrected chi connectivity index (χ1v) is 3.54. The lowest BCUT2D eigenvalue weighted by Crippen LogP contribution is -1.99. The summed E-state index contributed by atoms with van der Waals surface area (Å²) in [4.78, 5) is 10.2. The molecule has 0 aromatic heterocycles. The number of rotatable bonds is 2. The number of aldehydes is 1. The van der Waals surface area contributed by atoms with Gasteiger partial charge in [-0.05, 0) is 30.2 Å². The van der Waals surface area contributed by atoms with Gasteiger partial charge in [0.1, 0.15) is 11.9 Å². The Labute approximate surface area is 69.6 Å². The number of aliphatic hydroxyl groups excluding tert-OH is 1. The van der Waals surface area contributed by atoms with Crippen molar-refractivity contribution in [2.24, 2.45) is 0 Å². The van der Waals surface area contributed by atoms with Gasteiger partial charge in [-0.15, -0.1) is 0 Å². The molecule has 2 nitrogen and oxygen atoms in total. The molecule has 0 saturated heterocycles. The SMILES string of the molecule is Cc1cc(F)cc(C(O)C=O)c1. The molecule has 0 aliphatic rings. The number of aliphatic hydroxyl groups is 1. The van der Waals surface area contributed by atoms with Crippen LogP contribution >= 0.6 is 0 Å². The van der Waals surface area contributed by atoms with Crippen molar-refractivity contribution in [2.45, 2.75) is 13.0 Å². The minimum atomic E-state index is -1.22. The third-order valence-electron chi connectivity index (χ3n) is 1.53. The van der Waals surface area contributed by atoms with Crippen LogP contribution in [-0.2, 0) is 4.79 Å². The molecule has 1 aromatic carbocycles. The van der Waals surface area contributed by atoms with E-state index in [1.165, 1.54) is 6.07 Å². The topological polar surface area (TPSA) is 37.3 Å². The van der Waals surface area contributed by atoms with Crippen LogP contribution in [0.3, 0.4) is 0 Å². The molecule has 0 heterocycles. The maximum atomic E-state index is 12.7. The fourth-order valence-electron chi connectivity index (χ4n) is 1.01. The Hall–Kier alpha value is -1.22. The molecule has 0 radical (unpaired) electrons. The van der Waals surface area contributed by atoms with E-state index in [2.05, 4.69) is 0 Å². The van der Waals surface area contributed by atoms with Crippen molar-refractivity contribution in [3.63, 3.8) is 0 Å². The minimum Gasteiger partial charge on any atom is -0.381 e. The first-order valence-electron chi connectivity index (χ1n) is 3.54. The summed E-state index contributed by atoms with van der Waals surface area (Å²) in [5, 5.41) is 9.04. The number of aryl methyl sites for hydroxylation is 1. The smallest absolute Gasteiger partial charge is 0.153 e. The lowest BCUT2D eigenvalue weighted by Gasteiger charge is -2.04. The summed E-state index contributed by atoms with van der Waals surface area (Å²) >= 11 is 0. The van der Waals surface area contributed by atoms with Gasteiger partial charge in [0.25, 0.3) is 0 Å². The molecule has 1 unspecified atom stereocenters. The Bertz CT molecular complexity index is 276. The van der Waals surface area contributed by atoms with Gasteiger partial charge in [-0.2, -0.15) is 0 Å². The highest BCUT2D eigenvalue weighted by atomic mass is 19.1. The fourth-order valence-corrected chi connectivity index (χ4v) is 1.01. The van der Waals surface area contributed by atoms with Crippen LogP contribution in [0.2, 0.25) is 0 Å². The number of carbonyl (C=O) groups excluding carboxylic acids is 1. The zero-order valence-electron chi connectivity index (χ0n) is 6.62. The van der Waals surface area contributed by atoms with E-state index in [0.717, 1.165) is 6.07 Å². The van der Waals surface area contributed by atoms with Gasteiger partial charge in [-0.1, -0.05) is 6.07 Å². The maximum absolute atomic E-state index is 12.7. The van der Waals surface area contributed by atoms with Crippen molar-refractivity contribution in [3.05, 3.63) is 35.1 Å². The van der Waals surface area contributed by atoms with Crippen LogP contribution in [0.5, 0.6) is 0 Å². The quantitative estimate of drug-likeness (QED) is 0.677. The number of halogens is 1. The number of carbonyl (C=O) groups is 1. The third-order valence-corrected chi connectivity index (χ3v) is 1.53. The third kappa shape index (κ3) is 1.89. The van der Waals surface area contributed by atoms with Crippen LogP contribution in [0.15, 0.2) is 18.2 Å². The van der Waals surface area contributed by atoms with E-state index in [0.29, 0.717) is 17.4 Å². The predicted octanol–water partition coefficient (Wildman–Crippen LogP) is 1.37. The second-order valence-corrected chi connectivity index (χ2v) is 2.64. The summed E-state index contributed by atoms with van der Waals surface area (Å²) < 4.78 is 12.7. The molecule has 0 bridgehead atoms. The summed E-state index contributed by atoms with van der Waals surface area (Å²) in [6, 6.07) is 4.05. The Morgan fingerprint density at radius 2 is 2.17 bits per heavy atom. The van der Waals surface area contributed by atoms with Crippen molar-refractivity contribution in [1.29, 1.82) is 0 Å². The summed E-state index contributed by atoms with van der Waals surface area (Å²) in [6.07, 6.45) is -0.854. The molecule has 12 heavy (non-hydrogen) atoms. The average Bonchev–Trinajstić information content (AvgIpc) is 2.01. The van der Waals surface area contributed by atoms with Crippen molar-refractivity contribution in [3.8, 4) is 0 Å². The first-order chi connectivity index (χ1) is 5.63. The van der Waals surface area contributed by atoms with E-state index in [1.54, 1.807) is 13.0 Å². The predicted molar refractivity (Wildman–Crippen MR) is 42.2 cm³/mol. The normalized spacial score (nSPS) is 12.6. The molecule has 1 aromatic rings. The van der Waals surface area contributed by atoms with Crippen molar-refractivity contribution in [2.75, 3.05) is 0 Å². The zero-order chi connectivity index (χ0) is 9.14. The highest BCUT2D eigenvalue weighted by Crippen LogP contribution is 2.14. The second-order valence-electron chi connectivity index (χ2n) is 2.64. The molecule has 1 rings (SSSR count). The minimum absolute atomic E-state index is 0.294. The number of hydrogen-bond donors (Lipinski definition) is 1. The van der Waals surface area contributed by atoms with Gasteiger partial charge in [-0.25, -0.2) is 4.39 Å². The van der Waals surface area contributed by atoms with E-state index in [1.807, 2.05) is 0 Å². The van der Waals surface area contributed by atoms with Crippen LogP contribution in [0, 0.1) is 12.7 Å². The molecule has 0 spiro atoms. The van der Waals surface area contributed by atoms with Gasteiger partial charge in [0.15, 0.2) is 6.29 Å². The highest BCUT2D eigenvalue weighted by molar-refractivity contribution is 5.59. The largest absolute Gasteiger partial charge is 0.381 e. The molecule has 0 fully saturated rings. The maximum Gasteiger partial charge on any atom is 0.153 e. The van der Waals surface area contributed by atoms with Crippen molar-refractivity contribution < 1.29 is 14.3 Å². The molecule has 3 heteroatoms. The highest BCUT2D eigenvalue weighted by Gasteiger charge is 2.06. The van der Waals surface area contributed by atoms with Crippen LogP contribution in [0.25, 0.3) is 0 Å². The Balaban J connectivity index is 3.08. The summed E-state index contributed by atoms with van der Waals surface area (Å²) in [5.74, 6) is -0.439. The molecule has 64 valence electrons. The van der Waals surface area contributed by atoms with Crippen LogP contribution in [0.1, 0.15) is 17.2 Å². The van der Waals surface area contributed by atoms with Crippen LogP contribution in [0.4, 0.5) is 4.39 Å². The van der Waals surface area contributed by atoms with Crippen LogP contribution < -0.4 is 0 Å². The van der Waals surface area contributed by atoms with E-state index in [4.69, 9.17) is 5.11 Å². The van der Waals surface area contributed by atoms with Crippen molar-refractivity contribution in [1.82, 2.24) is 0 Å². The van der Waals surface area contributed by atoms with E-state index < -0.39 is 11.9 Å². The molecule has 1 N–H and O–H groups in total. The monoisotopic (exact) mass is 168 g/mol. The summed E-state index contributed by atoms with van der Waals surface area (Å²) in [6.45, 7) is 1.70. The first kappa shape index (κ1) is 8.87. The summed E-state index contributed by atoms with van der Waals surface area (Å²) in [5.41, 5.74) is 0.980. The fraction of sp³-hybridized carbons (Fsp3) is 0.222. The van der Waals surface area contributed by atoms with Gasteiger partial charge >= 0.3 is 0 Å². The molecular formula is C9H9FO2. The lowest BCUT2D eigenvalue weighted by molar-refractivity contribution is -0.115. The van der Waals surface area contributed by atoms with Gasteiger partial charge in [-0.3, -0.25) is 0 Å². The van der Waals surface area contributed by atoms with E-state index >= 15 is 0 Å². The molecule has 0 saturated carbocycles. The van der Waals surface area contributed by atoms with Gasteiger partial charge in [0.05, 0.1) is 0 Å². The Morgan fingerprint density at radius 3 is 2.67 bits per heavy atom. The summed E-state index contributed by atoms with van der Waals surface area (Å²) in [7, 11) is 0. The van der Waals surface area contributed by atoms with E-state index in [-0.39, 0.29) is 0 Å². The average molecular weight is 168 g/mol. The lowest BCUT2D eigenvalue weighted by atomic mass is 10.1. The standard InChI is InChI=1S/C9H9FO2/c1-6-2-7(9(12)5-11)4-8(10)3-6/h2-5,9,12H,1H3. The molecule has 0 aliphatic carbocycles. The number of hydrogen-bond acceptors (Lipinski definition) is 2. The number of benzene rings is 1.